The third-order valence-electron chi connectivity index (χ3n) is 0.763. The quantitative estimate of drug-likeness (QED) is 0.679. The molecular weight excluding hydrogens is 146 g/mol. The molecule has 6 heteroatoms. The molecule has 1 aromatic heterocycles. The second-order valence-electron chi connectivity index (χ2n) is 1.45. The molecule has 2 N–H and O–H groups in total. The second kappa shape index (κ2) is 2.51. The van der Waals surface area contributed by atoms with E-state index < -0.39 is 6.61 Å². The molecule has 0 fully saturated rings. The number of alkyl halides is 2. The van der Waals surface area contributed by atoms with Crippen molar-refractivity contribution < 1.29 is 18.0 Å². The molecule has 4 nitrogen and oxygen atoms in total. The third kappa shape index (κ3) is 1.34. The van der Waals surface area contributed by atoms with Crippen LogP contribution < -0.4 is 10.5 Å². The van der Waals surface area contributed by atoms with E-state index in [9.17, 15) is 8.78 Å². The van der Waals surface area contributed by atoms with E-state index in [4.69, 9.17) is 5.73 Å². The van der Waals surface area contributed by atoms with Gasteiger partial charge in [-0.05, 0) is 5.16 Å². The molecule has 1 rings (SSSR count). The highest BCUT2D eigenvalue weighted by Gasteiger charge is 2.10. The van der Waals surface area contributed by atoms with Crippen LogP contribution in [0.3, 0.4) is 0 Å². The summed E-state index contributed by atoms with van der Waals surface area (Å²) in [7, 11) is 0. The molecule has 10 heavy (non-hydrogen) atoms. The Morgan fingerprint density at radius 3 is 2.80 bits per heavy atom. The molecule has 0 amide bonds. The van der Waals surface area contributed by atoms with E-state index in [0.29, 0.717) is 0 Å². The molecule has 0 saturated heterocycles. The number of halogens is 2. The first-order chi connectivity index (χ1) is 4.70. The summed E-state index contributed by atoms with van der Waals surface area (Å²) in [5.41, 5.74) is 5.03. The fourth-order valence-electron chi connectivity index (χ4n) is 0.408. The first kappa shape index (κ1) is 6.79. The van der Waals surface area contributed by atoms with Crippen LogP contribution in [-0.2, 0) is 0 Å². The molecule has 0 aliphatic rings. The van der Waals surface area contributed by atoms with E-state index >= 15 is 0 Å². The molecule has 0 aliphatic heterocycles. The van der Waals surface area contributed by atoms with Crippen molar-refractivity contribution in [1.29, 1.82) is 0 Å². The maximum atomic E-state index is 11.4. The topological polar surface area (TPSA) is 61.3 Å². The van der Waals surface area contributed by atoms with Gasteiger partial charge in [0.2, 0.25) is 0 Å². The Morgan fingerprint density at radius 1 is 1.70 bits per heavy atom. The van der Waals surface area contributed by atoms with Crippen molar-refractivity contribution >= 4 is 5.69 Å². The van der Waals surface area contributed by atoms with Gasteiger partial charge in [-0.3, -0.25) is 0 Å². The van der Waals surface area contributed by atoms with Gasteiger partial charge in [0, 0.05) is 0 Å². The summed E-state index contributed by atoms with van der Waals surface area (Å²) in [6.07, 6.45) is 1.01. The van der Waals surface area contributed by atoms with Crippen molar-refractivity contribution in [2.45, 2.75) is 6.61 Å². The lowest BCUT2D eigenvalue weighted by Gasteiger charge is -1.97. The standard InChI is InChI=1S/C4H4F2N2O2/c5-4(6)10-3-2(7)1-9-8-3/h1,4H,7H2. The lowest BCUT2D eigenvalue weighted by molar-refractivity contribution is -0.0541. The van der Waals surface area contributed by atoms with Crippen LogP contribution in [0, 0.1) is 0 Å². The van der Waals surface area contributed by atoms with E-state index in [1.165, 1.54) is 0 Å². The van der Waals surface area contributed by atoms with Crippen LogP contribution in [0.4, 0.5) is 14.5 Å². The predicted octanol–water partition coefficient (Wildman–Crippen LogP) is 0.858. The molecule has 0 bridgehead atoms. The van der Waals surface area contributed by atoms with Gasteiger partial charge in [0.05, 0.1) is 0 Å². The van der Waals surface area contributed by atoms with Gasteiger partial charge in [-0.1, -0.05) is 0 Å². The molecule has 56 valence electrons. The van der Waals surface area contributed by atoms with Crippen molar-refractivity contribution in [3.8, 4) is 5.88 Å². The van der Waals surface area contributed by atoms with Gasteiger partial charge >= 0.3 is 6.61 Å². The molecule has 0 aromatic carbocycles. The summed E-state index contributed by atoms with van der Waals surface area (Å²) in [6.45, 7) is -2.92. The first-order valence-electron chi connectivity index (χ1n) is 2.35. The van der Waals surface area contributed by atoms with Crippen molar-refractivity contribution in [3.63, 3.8) is 0 Å². The Morgan fingerprint density at radius 2 is 2.40 bits per heavy atom. The number of nitrogens with two attached hydrogens (primary N) is 1. The largest absolute Gasteiger partial charge is 0.412 e. The number of rotatable bonds is 2. The Labute approximate surface area is 54.5 Å². The molecular formula is C4H4F2N2O2. The van der Waals surface area contributed by atoms with Gasteiger partial charge in [0.1, 0.15) is 5.69 Å². The van der Waals surface area contributed by atoms with Crippen molar-refractivity contribution in [2.75, 3.05) is 5.73 Å². The summed E-state index contributed by atoms with van der Waals surface area (Å²) in [4.78, 5) is 0. The second-order valence-corrected chi connectivity index (χ2v) is 1.45. The molecule has 1 aromatic rings. The number of nitrogens with zero attached hydrogens (tertiary/aromatic N) is 1. The SMILES string of the molecule is Nc1conc1OC(F)F. The summed E-state index contributed by atoms with van der Waals surface area (Å²) in [5.74, 6) is -0.380. The number of nitrogen functional groups attached to an aromatic ring is 1. The maximum absolute atomic E-state index is 11.4. The number of anilines is 1. The third-order valence-corrected chi connectivity index (χ3v) is 0.763. The van der Waals surface area contributed by atoms with E-state index in [1.807, 2.05) is 0 Å². The maximum Gasteiger partial charge on any atom is 0.388 e. The molecule has 0 aliphatic carbocycles. The van der Waals surface area contributed by atoms with Crippen molar-refractivity contribution in [2.24, 2.45) is 0 Å². The number of hydrogen-bond donors (Lipinski definition) is 1. The highest BCUT2D eigenvalue weighted by atomic mass is 19.3. The Hall–Kier alpha value is -1.33. The fourth-order valence-corrected chi connectivity index (χ4v) is 0.408. The molecule has 0 spiro atoms. The Kier molecular flexibility index (Phi) is 1.70. The summed E-state index contributed by atoms with van der Waals surface area (Å²) in [6, 6.07) is 0. The van der Waals surface area contributed by atoms with Crippen LogP contribution in [0.1, 0.15) is 0 Å². The highest BCUT2D eigenvalue weighted by molar-refractivity contribution is 5.43. The molecule has 0 saturated carbocycles. The van der Waals surface area contributed by atoms with Crippen LogP contribution in [0.15, 0.2) is 10.8 Å². The monoisotopic (exact) mass is 150 g/mol. The Balaban J connectivity index is 2.65. The zero-order valence-electron chi connectivity index (χ0n) is 4.75. The van der Waals surface area contributed by atoms with Crippen LogP contribution >= 0.6 is 0 Å². The lowest BCUT2D eigenvalue weighted by Crippen LogP contribution is -2.03. The van der Waals surface area contributed by atoms with Gasteiger partial charge in [-0.25, -0.2) is 0 Å². The van der Waals surface area contributed by atoms with Crippen LogP contribution in [0.5, 0.6) is 5.88 Å². The van der Waals surface area contributed by atoms with Gasteiger partial charge in [-0.15, -0.1) is 0 Å². The molecule has 0 unspecified atom stereocenters. The molecule has 1 heterocycles. The average Bonchev–Trinajstić information content (AvgIpc) is 2.15. The van der Waals surface area contributed by atoms with Crippen LogP contribution in [-0.4, -0.2) is 11.8 Å². The number of aromatic nitrogens is 1. The van der Waals surface area contributed by atoms with E-state index in [0.717, 1.165) is 6.26 Å². The number of hydrogen-bond acceptors (Lipinski definition) is 4. The Bertz CT molecular complexity index is 213. The molecule has 0 radical (unpaired) electrons. The minimum atomic E-state index is -2.92. The van der Waals surface area contributed by atoms with Gasteiger partial charge < -0.3 is 15.0 Å². The minimum absolute atomic E-state index is 0.0414. The van der Waals surface area contributed by atoms with Crippen LogP contribution in [0.2, 0.25) is 0 Å². The minimum Gasteiger partial charge on any atom is -0.412 e. The van der Waals surface area contributed by atoms with E-state index in [-0.39, 0.29) is 11.6 Å². The van der Waals surface area contributed by atoms with E-state index in [2.05, 4.69) is 14.4 Å². The predicted molar refractivity (Wildman–Crippen MR) is 27.5 cm³/mol. The summed E-state index contributed by atoms with van der Waals surface area (Å²) >= 11 is 0. The summed E-state index contributed by atoms with van der Waals surface area (Å²) in [5, 5.41) is 3.05. The lowest BCUT2D eigenvalue weighted by atomic mass is 10.6. The van der Waals surface area contributed by atoms with Gasteiger partial charge in [0.25, 0.3) is 5.88 Å². The fraction of sp³-hybridized carbons (Fsp3) is 0.250. The highest BCUT2D eigenvalue weighted by Crippen LogP contribution is 2.19. The van der Waals surface area contributed by atoms with Gasteiger partial charge in [0.15, 0.2) is 6.26 Å². The van der Waals surface area contributed by atoms with E-state index in [1.54, 1.807) is 0 Å². The summed E-state index contributed by atoms with van der Waals surface area (Å²) < 4.78 is 30.9. The first-order valence-corrected chi connectivity index (χ1v) is 2.35. The van der Waals surface area contributed by atoms with Gasteiger partial charge in [-0.2, -0.15) is 8.78 Å². The smallest absolute Gasteiger partial charge is 0.388 e. The average molecular weight is 150 g/mol. The zero-order valence-corrected chi connectivity index (χ0v) is 4.75. The van der Waals surface area contributed by atoms with Crippen molar-refractivity contribution in [1.82, 2.24) is 5.16 Å². The van der Waals surface area contributed by atoms with Crippen molar-refractivity contribution in [3.05, 3.63) is 6.26 Å². The zero-order chi connectivity index (χ0) is 7.56. The molecule has 0 atom stereocenters. The normalized spacial score (nSPS) is 10.3. The van der Waals surface area contributed by atoms with Crippen LogP contribution in [0.25, 0.3) is 0 Å². The number of ether oxygens (including phenoxy) is 1.